The molecular formula is C15H17N3O3S2. The number of thiazole rings is 1. The largest absolute Gasteiger partial charge is 0.302 e. The summed E-state index contributed by atoms with van der Waals surface area (Å²) in [4.78, 5) is 16.7. The summed E-state index contributed by atoms with van der Waals surface area (Å²) in [6.45, 7) is 4.04. The van der Waals surface area contributed by atoms with Crippen molar-refractivity contribution in [3.8, 4) is 0 Å². The lowest BCUT2D eigenvalue weighted by Gasteiger charge is -2.25. The maximum absolute atomic E-state index is 12.7. The fraction of sp³-hybridized carbons (Fsp3) is 0.333. The molecule has 122 valence electrons. The van der Waals surface area contributed by atoms with Crippen LogP contribution in [0.2, 0.25) is 0 Å². The third kappa shape index (κ3) is 3.29. The van der Waals surface area contributed by atoms with Crippen molar-refractivity contribution in [2.45, 2.75) is 31.7 Å². The second-order valence-corrected chi connectivity index (χ2v) is 8.49. The lowest BCUT2D eigenvalue weighted by molar-refractivity contribution is -0.114. The van der Waals surface area contributed by atoms with E-state index in [1.165, 1.54) is 22.6 Å². The molecule has 1 aromatic carbocycles. The van der Waals surface area contributed by atoms with E-state index in [0.717, 1.165) is 16.1 Å². The maximum atomic E-state index is 12.7. The van der Waals surface area contributed by atoms with E-state index >= 15 is 0 Å². The fourth-order valence-electron chi connectivity index (χ4n) is 2.44. The lowest BCUT2D eigenvalue weighted by Crippen LogP contribution is -2.35. The highest BCUT2D eigenvalue weighted by Gasteiger charge is 2.30. The van der Waals surface area contributed by atoms with Gasteiger partial charge in [0, 0.05) is 24.8 Å². The van der Waals surface area contributed by atoms with Crippen LogP contribution in [0.1, 0.15) is 23.1 Å². The van der Waals surface area contributed by atoms with Crippen LogP contribution in [0.4, 0.5) is 5.13 Å². The number of hydrogen-bond donors (Lipinski definition) is 1. The predicted octanol–water partition coefficient (Wildman–Crippen LogP) is 2.16. The SMILES string of the molecule is CC(=O)Nc1nc2c(s1)CN(S(=O)(=O)c1ccc(C)cc1)CC2. The van der Waals surface area contributed by atoms with E-state index in [-0.39, 0.29) is 5.91 Å². The summed E-state index contributed by atoms with van der Waals surface area (Å²) < 4.78 is 26.9. The normalized spacial score (nSPS) is 15.2. The van der Waals surface area contributed by atoms with E-state index < -0.39 is 10.0 Å². The van der Waals surface area contributed by atoms with Gasteiger partial charge in [-0.2, -0.15) is 4.31 Å². The van der Waals surface area contributed by atoms with Gasteiger partial charge in [0.15, 0.2) is 5.13 Å². The lowest BCUT2D eigenvalue weighted by atomic mass is 10.2. The minimum atomic E-state index is -3.51. The highest BCUT2D eigenvalue weighted by molar-refractivity contribution is 7.89. The fourth-order valence-corrected chi connectivity index (χ4v) is 5.00. The van der Waals surface area contributed by atoms with Gasteiger partial charge in [0.2, 0.25) is 15.9 Å². The Bertz CT molecular complexity index is 841. The van der Waals surface area contributed by atoms with E-state index in [4.69, 9.17) is 0 Å². The molecule has 1 amide bonds. The van der Waals surface area contributed by atoms with Crippen LogP contribution in [0.15, 0.2) is 29.2 Å². The summed E-state index contributed by atoms with van der Waals surface area (Å²) >= 11 is 1.33. The summed E-state index contributed by atoms with van der Waals surface area (Å²) in [7, 11) is -3.51. The minimum absolute atomic E-state index is 0.180. The van der Waals surface area contributed by atoms with Crippen LogP contribution in [-0.4, -0.2) is 30.2 Å². The van der Waals surface area contributed by atoms with Crippen molar-refractivity contribution in [3.63, 3.8) is 0 Å². The van der Waals surface area contributed by atoms with E-state index in [1.54, 1.807) is 24.3 Å². The number of amides is 1. The Morgan fingerprint density at radius 3 is 2.65 bits per heavy atom. The molecule has 2 heterocycles. The monoisotopic (exact) mass is 351 g/mol. The van der Waals surface area contributed by atoms with E-state index in [1.807, 2.05) is 6.92 Å². The molecule has 1 aromatic heterocycles. The Balaban J connectivity index is 1.84. The molecule has 3 rings (SSSR count). The number of carbonyl (C=O) groups is 1. The molecule has 0 atom stereocenters. The molecule has 0 aliphatic carbocycles. The quantitative estimate of drug-likeness (QED) is 0.919. The Morgan fingerprint density at radius 1 is 1.30 bits per heavy atom. The summed E-state index contributed by atoms with van der Waals surface area (Å²) in [6, 6.07) is 6.86. The smallest absolute Gasteiger partial charge is 0.243 e. The van der Waals surface area contributed by atoms with Gasteiger partial charge in [0.25, 0.3) is 0 Å². The molecule has 0 saturated heterocycles. The van der Waals surface area contributed by atoms with Gasteiger partial charge in [0.1, 0.15) is 0 Å². The molecule has 2 aromatic rings. The zero-order chi connectivity index (χ0) is 16.6. The number of carbonyl (C=O) groups excluding carboxylic acids is 1. The number of aromatic nitrogens is 1. The summed E-state index contributed by atoms with van der Waals surface area (Å²) in [5.41, 5.74) is 1.89. The Hall–Kier alpha value is -1.77. The molecule has 0 spiro atoms. The van der Waals surface area contributed by atoms with Crippen LogP contribution in [0.3, 0.4) is 0 Å². The second-order valence-electron chi connectivity index (χ2n) is 5.47. The van der Waals surface area contributed by atoms with Crippen molar-refractivity contribution in [2.24, 2.45) is 0 Å². The number of fused-ring (bicyclic) bond motifs is 1. The highest BCUT2D eigenvalue weighted by atomic mass is 32.2. The molecule has 0 bridgehead atoms. The number of nitrogens with zero attached hydrogens (tertiary/aromatic N) is 2. The van der Waals surface area contributed by atoms with Gasteiger partial charge in [0.05, 0.1) is 17.1 Å². The number of benzene rings is 1. The molecule has 1 aliphatic heterocycles. The van der Waals surface area contributed by atoms with Crippen LogP contribution in [0.25, 0.3) is 0 Å². The summed E-state index contributed by atoms with van der Waals surface area (Å²) in [6.07, 6.45) is 0.552. The molecule has 0 saturated carbocycles. The highest BCUT2D eigenvalue weighted by Crippen LogP contribution is 2.31. The van der Waals surface area contributed by atoms with Crippen molar-refractivity contribution in [1.29, 1.82) is 0 Å². The first-order valence-electron chi connectivity index (χ1n) is 7.19. The van der Waals surface area contributed by atoms with Crippen LogP contribution in [-0.2, 0) is 27.8 Å². The molecule has 6 nitrogen and oxygen atoms in total. The predicted molar refractivity (Wildman–Crippen MR) is 88.9 cm³/mol. The van der Waals surface area contributed by atoms with Gasteiger partial charge in [-0.3, -0.25) is 4.79 Å². The number of anilines is 1. The maximum Gasteiger partial charge on any atom is 0.243 e. The van der Waals surface area contributed by atoms with Gasteiger partial charge in [-0.15, -0.1) is 11.3 Å². The molecule has 1 N–H and O–H groups in total. The average Bonchev–Trinajstić information content (AvgIpc) is 2.87. The third-order valence-electron chi connectivity index (χ3n) is 3.64. The van der Waals surface area contributed by atoms with E-state index in [2.05, 4.69) is 10.3 Å². The Morgan fingerprint density at radius 2 is 2.00 bits per heavy atom. The van der Waals surface area contributed by atoms with Crippen LogP contribution in [0.5, 0.6) is 0 Å². The number of nitrogens with one attached hydrogen (secondary N) is 1. The second kappa shape index (κ2) is 6.03. The van der Waals surface area contributed by atoms with Crippen LogP contribution < -0.4 is 5.32 Å². The number of rotatable bonds is 3. The van der Waals surface area contributed by atoms with Crippen LogP contribution >= 0.6 is 11.3 Å². The van der Waals surface area contributed by atoms with Crippen molar-refractivity contribution >= 4 is 32.4 Å². The van der Waals surface area contributed by atoms with Crippen molar-refractivity contribution in [2.75, 3.05) is 11.9 Å². The Kier molecular flexibility index (Phi) is 4.22. The standard InChI is InChI=1S/C15H17N3O3S2/c1-10-3-5-12(6-4-10)23(20,21)18-8-7-13-14(9-18)22-15(17-13)16-11(2)19/h3-6H,7-9H2,1-2H3,(H,16,17,19). The van der Waals surface area contributed by atoms with Crippen molar-refractivity contribution in [1.82, 2.24) is 9.29 Å². The first kappa shape index (κ1) is 16.1. The minimum Gasteiger partial charge on any atom is -0.302 e. The number of aryl methyl sites for hydroxylation is 1. The van der Waals surface area contributed by atoms with Crippen molar-refractivity contribution in [3.05, 3.63) is 40.4 Å². The van der Waals surface area contributed by atoms with Gasteiger partial charge >= 0.3 is 0 Å². The first-order chi connectivity index (χ1) is 10.9. The van der Waals surface area contributed by atoms with E-state index in [0.29, 0.717) is 29.5 Å². The number of sulfonamides is 1. The van der Waals surface area contributed by atoms with Gasteiger partial charge in [-0.25, -0.2) is 13.4 Å². The van der Waals surface area contributed by atoms with E-state index in [9.17, 15) is 13.2 Å². The molecular weight excluding hydrogens is 334 g/mol. The number of hydrogen-bond acceptors (Lipinski definition) is 5. The summed E-state index contributed by atoms with van der Waals surface area (Å²) in [5.74, 6) is -0.180. The zero-order valence-corrected chi connectivity index (χ0v) is 14.5. The molecule has 0 fully saturated rings. The zero-order valence-electron chi connectivity index (χ0n) is 12.9. The van der Waals surface area contributed by atoms with Gasteiger partial charge < -0.3 is 5.32 Å². The molecule has 0 unspecified atom stereocenters. The molecule has 23 heavy (non-hydrogen) atoms. The third-order valence-corrected chi connectivity index (χ3v) is 6.50. The molecule has 1 aliphatic rings. The van der Waals surface area contributed by atoms with Crippen LogP contribution in [0, 0.1) is 6.92 Å². The first-order valence-corrected chi connectivity index (χ1v) is 9.45. The summed E-state index contributed by atoms with van der Waals surface area (Å²) in [5, 5.41) is 3.18. The van der Waals surface area contributed by atoms with Gasteiger partial charge in [-0.1, -0.05) is 17.7 Å². The topological polar surface area (TPSA) is 79.4 Å². The molecule has 0 radical (unpaired) electrons. The Labute approximate surface area is 139 Å². The van der Waals surface area contributed by atoms with Crippen molar-refractivity contribution < 1.29 is 13.2 Å². The molecule has 8 heteroatoms. The van der Waals surface area contributed by atoms with Gasteiger partial charge in [-0.05, 0) is 19.1 Å². The average molecular weight is 351 g/mol.